The molecule has 0 aromatic carbocycles. The van der Waals surface area contributed by atoms with Crippen molar-refractivity contribution in [3.8, 4) is 0 Å². The third kappa shape index (κ3) is 1.31. The van der Waals surface area contributed by atoms with Gasteiger partial charge in [-0.25, -0.2) is 9.78 Å². The first-order valence-electron chi connectivity index (χ1n) is 4.13. The minimum Gasteiger partial charge on any atom is -0.477 e. The number of rotatable bonds is 1. The van der Waals surface area contributed by atoms with Crippen LogP contribution >= 0.6 is 0 Å². The molecule has 2 aromatic rings. The van der Waals surface area contributed by atoms with Gasteiger partial charge in [-0.3, -0.25) is 4.98 Å². The third-order valence-electron chi connectivity index (χ3n) is 2.04. The molecule has 2 rings (SSSR count). The second kappa shape index (κ2) is 3.06. The van der Waals surface area contributed by atoms with Gasteiger partial charge >= 0.3 is 5.97 Å². The van der Waals surface area contributed by atoms with E-state index in [1.54, 1.807) is 24.5 Å². The molecule has 70 valence electrons. The van der Waals surface area contributed by atoms with Crippen LogP contribution in [0.4, 0.5) is 0 Å². The maximum absolute atomic E-state index is 10.7. The van der Waals surface area contributed by atoms with Crippen LogP contribution < -0.4 is 0 Å². The molecule has 4 nitrogen and oxygen atoms in total. The number of aryl methyl sites for hydroxylation is 1. The van der Waals surface area contributed by atoms with Gasteiger partial charge in [-0.2, -0.15) is 0 Å². The average Bonchev–Trinajstić information content (AvgIpc) is 2.17. The molecular formula is C10H8N2O2. The van der Waals surface area contributed by atoms with Crippen LogP contribution in [0.1, 0.15) is 16.1 Å². The summed E-state index contributed by atoms with van der Waals surface area (Å²) in [5.74, 6) is -1.01. The van der Waals surface area contributed by atoms with Crippen molar-refractivity contribution in [2.75, 3.05) is 0 Å². The van der Waals surface area contributed by atoms with Crippen LogP contribution in [0.15, 0.2) is 24.5 Å². The van der Waals surface area contributed by atoms with Gasteiger partial charge in [0.2, 0.25) is 0 Å². The smallest absolute Gasteiger partial charge is 0.354 e. The van der Waals surface area contributed by atoms with E-state index in [1.807, 2.05) is 6.92 Å². The van der Waals surface area contributed by atoms with E-state index in [9.17, 15) is 4.79 Å². The lowest BCUT2D eigenvalue weighted by molar-refractivity contribution is 0.0691. The Balaban J connectivity index is 2.78. The predicted octanol–water partition coefficient (Wildman–Crippen LogP) is 1.64. The summed E-state index contributed by atoms with van der Waals surface area (Å²) < 4.78 is 0. The maximum atomic E-state index is 10.7. The topological polar surface area (TPSA) is 63.1 Å². The third-order valence-corrected chi connectivity index (χ3v) is 2.04. The first-order chi connectivity index (χ1) is 6.68. The molecule has 0 radical (unpaired) electrons. The zero-order valence-electron chi connectivity index (χ0n) is 7.56. The van der Waals surface area contributed by atoms with Gasteiger partial charge < -0.3 is 5.11 Å². The van der Waals surface area contributed by atoms with Crippen LogP contribution in [0.2, 0.25) is 0 Å². The number of hydrogen-bond acceptors (Lipinski definition) is 3. The summed E-state index contributed by atoms with van der Waals surface area (Å²) in [6.07, 6.45) is 3.28. The Labute approximate surface area is 80.2 Å². The van der Waals surface area contributed by atoms with E-state index >= 15 is 0 Å². The predicted molar refractivity (Wildman–Crippen MR) is 51.2 cm³/mol. The van der Waals surface area contributed by atoms with Crippen molar-refractivity contribution in [2.45, 2.75) is 6.92 Å². The first kappa shape index (κ1) is 8.62. The van der Waals surface area contributed by atoms with Crippen LogP contribution in [-0.4, -0.2) is 21.0 Å². The molecule has 4 heteroatoms. The van der Waals surface area contributed by atoms with Crippen LogP contribution in [0.5, 0.6) is 0 Å². The van der Waals surface area contributed by atoms with E-state index in [4.69, 9.17) is 5.11 Å². The molecule has 0 spiro atoms. The van der Waals surface area contributed by atoms with E-state index in [-0.39, 0.29) is 5.69 Å². The average molecular weight is 188 g/mol. The standard InChI is InChI=1S/C10H8N2O2/c1-6-4-9(10(13)14)12-8-2-3-11-5-7(6)8/h2-5H,1H3,(H,13,14). The Hall–Kier alpha value is -1.97. The molecule has 0 amide bonds. The monoisotopic (exact) mass is 188 g/mol. The molecular weight excluding hydrogens is 180 g/mol. The van der Waals surface area contributed by atoms with Crippen molar-refractivity contribution in [2.24, 2.45) is 0 Å². The maximum Gasteiger partial charge on any atom is 0.354 e. The zero-order valence-corrected chi connectivity index (χ0v) is 7.56. The number of pyridine rings is 2. The van der Waals surface area contributed by atoms with Crippen LogP contribution in [0.25, 0.3) is 10.9 Å². The number of aromatic nitrogens is 2. The molecule has 14 heavy (non-hydrogen) atoms. The highest BCUT2D eigenvalue weighted by atomic mass is 16.4. The molecule has 1 N–H and O–H groups in total. The lowest BCUT2D eigenvalue weighted by Gasteiger charge is -2.01. The highest BCUT2D eigenvalue weighted by Gasteiger charge is 2.07. The van der Waals surface area contributed by atoms with Gasteiger partial charge in [-0.05, 0) is 24.6 Å². The summed E-state index contributed by atoms with van der Waals surface area (Å²) >= 11 is 0. The molecule has 2 aromatic heterocycles. The number of fused-ring (bicyclic) bond motifs is 1. The summed E-state index contributed by atoms with van der Waals surface area (Å²) in [5.41, 5.74) is 1.61. The fraction of sp³-hybridized carbons (Fsp3) is 0.100. The fourth-order valence-electron chi connectivity index (χ4n) is 1.34. The van der Waals surface area contributed by atoms with Gasteiger partial charge in [0.15, 0.2) is 0 Å². The summed E-state index contributed by atoms with van der Waals surface area (Å²) in [7, 11) is 0. The Morgan fingerprint density at radius 1 is 1.50 bits per heavy atom. The summed E-state index contributed by atoms with van der Waals surface area (Å²) in [4.78, 5) is 18.7. The van der Waals surface area contributed by atoms with E-state index in [2.05, 4.69) is 9.97 Å². The molecule has 0 fully saturated rings. The van der Waals surface area contributed by atoms with Crippen molar-refractivity contribution in [1.29, 1.82) is 0 Å². The quantitative estimate of drug-likeness (QED) is 0.738. The largest absolute Gasteiger partial charge is 0.477 e. The van der Waals surface area contributed by atoms with Gasteiger partial charge in [0.1, 0.15) is 5.69 Å². The van der Waals surface area contributed by atoms with Gasteiger partial charge in [0.05, 0.1) is 5.52 Å². The van der Waals surface area contributed by atoms with Crippen molar-refractivity contribution >= 4 is 16.9 Å². The molecule has 0 saturated carbocycles. The molecule has 0 bridgehead atoms. The van der Waals surface area contributed by atoms with Gasteiger partial charge in [-0.15, -0.1) is 0 Å². The number of aromatic carboxylic acids is 1. The second-order valence-electron chi connectivity index (χ2n) is 3.02. The Morgan fingerprint density at radius 3 is 3.00 bits per heavy atom. The van der Waals surface area contributed by atoms with E-state index in [1.165, 1.54) is 0 Å². The second-order valence-corrected chi connectivity index (χ2v) is 3.02. The minimum atomic E-state index is -1.01. The normalized spacial score (nSPS) is 10.4. The molecule has 0 aliphatic heterocycles. The zero-order chi connectivity index (χ0) is 10.1. The molecule has 0 unspecified atom stereocenters. The van der Waals surface area contributed by atoms with Gasteiger partial charge in [0.25, 0.3) is 0 Å². The molecule has 0 saturated heterocycles. The first-order valence-corrected chi connectivity index (χ1v) is 4.13. The summed E-state index contributed by atoms with van der Waals surface area (Å²) in [5, 5.41) is 9.68. The van der Waals surface area contributed by atoms with Crippen LogP contribution in [0.3, 0.4) is 0 Å². The van der Waals surface area contributed by atoms with Gasteiger partial charge in [0, 0.05) is 17.8 Å². The van der Waals surface area contributed by atoms with Crippen LogP contribution in [0, 0.1) is 6.92 Å². The SMILES string of the molecule is Cc1cc(C(=O)O)nc2ccncc12. The number of carbonyl (C=O) groups is 1. The van der Waals surface area contributed by atoms with Crippen molar-refractivity contribution in [3.63, 3.8) is 0 Å². The van der Waals surface area contributed by atoms with Crippen LogP contribution in [-0.2, 0) is 0 Å². The van der Waals surface area contributed by atoms with Crippen molar-refractivity contribution in [1.82, 2.24) is 9.97 Å². The summed E-state index contributed by atoms with van der Waals surface area (Å²) in [6, 6.07) is 3.25. The number of hydrogen-bond donors (Lipinski definition) is 1. The Morgan fingerprint density at radius 2 is 2.29 bits per heavy atom. The molecule has 0 aliphatic carbocycles. The fourth-order valence-corrected chi connectivity index (χ4v) is 1.34. The lowest BCUT2D eigenvalue weighted by atomic mass is 10.1. The lowest BCUT2D eigenvalue weighted by Crippen LogP contribution is -2.01. The summed E-state index contributed by atoms with van der Waals surface area (Å²) in [6.45, 7) is 1.85. The highest BCUT2D eigenvalue weighted by molar-refractivity contribution is 5.90. The Bertz CT molecular complexity index is 508. The number of carboxylic acid groups (broad SMARTS) is 1. The minimum absolute atomic E-state index is 0.0706. The van der Waals surface area contributed by atoms with Gasteiger partial charge in [-0.1, -0.05) is 0 Å². The highest BCUT2D eigenvalue weighted by Crippen LogP contribution is 2.15. The van der Waals surface area contributed by atoms with E-state index < -0.39 is 5.97 Å². The van der Waals surface area contributed by atoms with Crippen molar-refractivity contribution in [3.05, 3.63) is 35.8 Å². The number of nitrogens with zero attached hydrogens (tertiary/aromatic N) is 2. The molecule has 0 aliphatic rings. The molecule has 2 heterocycles. The Kier molecular flexibility index (Phi) is 1.89. The molecule has 0 atom stereocenters. The van der Waals surface area contributed by atoms with Crippen molar-refractivity contribution < 1.29 is 9.90 Å². The number of carboxylic acids is 1. The van der Waals surface area contributed by atoms with E-state index in [0.717, 1.165) is 10.9 Å². The van der Waals surface area contributed by atoms with E-state index in [0.29, 0.717) is 5.52 Å².